The zero-order valence-electron chi connectivity index (χ0n) is 16.5. The standard InChI is InChI=1S/C19H32N4O3S/c1-17(2)16-18(20-8-3-4-9-20)19(24)21-10-7-13-23(15-14-21)27(25,26)22-11-5-6-12-22/h3-4,8-9,17-18H,5-7,10-16H2,1-2H3/t18-/m0/s1. The Morgan fingerprint density at radius 1 is 0.889 bits per heavy atom. The molecule has 7 nitrogen and oxygen atoms in total. The maximum absolute atomic E-state index is 13.2. The number of carbonyl (C=O) groups excluding carboxylic acids is 1. The molecule has 0 aliphatic carbocycles. The molecular weight excluding hydrogens is 364 g/mol. The molecule has 0 saturated carbocycles. The lowest BCUT2D eigenvalue weighted by molar-refractivity contribution is -0.135. The Bertz CT molecular complexity index is 711. The zero-order chi connectivity index (χ0) is 19.4. The van der Waals surface area contributed by atoms with Crippen molar-refractivity contribution in [3.8, 4) is 0 Å². The topological polar surface area (TPSA) is 65.9 Å². The molecule has 3 rings (SSSR count). The molecule has 2 saturated heterocycles. The van der Waals surface area contributed by atoms with Gasteiger partial charge < -0.3 is 9.47 Å². The maximum atomic E-state index is 13.2. The summed E-state index contributed by atoms with van der Waals surface area (Å²) in [6.45, 7) is 7.42. The predicted molar refractivity (Wildman–Crippen MR) is 105 cm³/mol. The largest absolute Gasteiger partial charge is 0.342 e. The van der Waals surface area contributed by atoms with E-state index in [4.69, 9.17) is 0 Å². The molecule has 1 aromatic heterocycles. The smallest absolute Gasteiger partial charge is 0.282 e. The van der Waals surface area contributed by atoms with Crippen LogP contribution in [0.5, 0.6) is 0 Å². The third-order valence-corrected chi connectivity index (χ3v) is 7.49. The van der Waals surface area contributed by atoms with Gasteiger partial charge in [-0.05, 0) is 43.7 Å². The van der Waals surface area contributed by atoms with E-state index in [2.05, 4.69) is 13.8 Å². The van der Waals surface area contributed by atoms with E-state index in [1.807, 2.05) is 34.0 Å². The number of amides is 1. The van der Waals surface area contributed by atoms with Crippen LogP contribution in [0.4, 0.5) is 0 Å². The quantitative estimate of drug-likeness (QED) is 0.738. The van der Waals surface area contributed by atoms with Crippen LogP contribution < -0.4 is 0 Å². The van der Waals surface area contributed by atoms with Crippen LogP contribution in [0.3, 0.4) is 0 Å². The summed E-state index contributed by atoms with van der Waals surface area (Å²) in [5, 5.41) is 0. The van der Waals surface area contributed by atoms with Gasteiger partial charge in [0.2, 0.25) is 5.91 Å². The van der Waals surface area contributed by atoms with Crippen LogP contribution in [-0.4, -0.2) is 71.7 Å². The highest BCUT2D eigenvalue weighted by molar-refractivity contribution is 7.86. The Hall–Kier alpha value is -1.38. The van der Waals surface area contributed by atoms with Crippen molar-refractivity contribution in [2.45, 2.75) is 45.6 Å². The molecule has 0 spiro atoms. The lowest BCUT2D eigenvalue weighted by Crippen LogP contribution is -2.45. The van der Waals surface area contributed by atoms with Crippen molar-refractivity contribution in [2.24, 2.45) is 5.92 Å². The second-order valence-corrected chi connectivity index (χ2v) is 9.90. The van der Waals surface area contributed by atoms with Crippen molar-refractivity contribution >= 4 is 16.1 Å². The summed E-state index contributed by atoms with van der Waals surface area (Å²) in [4.78, 5) is 15.1. The molecule has 2 aliphatic rings. The SMILES string of the molecule is CC(C)C[C@@H](C(=O)N1CCCN(S(=O)(=O)N2CCCC2)CC1)n1cccc1. The summed E-state index contributed by atoms with van der Waals surface area (Å²) in [5.41, 5.74) is 0. The van der Waals surface area contributed by atoms with Crippen LogP contribution in [-0.2, 0) is 15.0 Å². The van der Waals surface area contributed by atoms with Crippen molar-refractivity contribution in [2.75, 3.05) is 39.3 Å². The van der Waals surface area contributed by atoms with Gasteiger partial charge in [-0.25, -0.2) is 0 Å². The number of hydrogen-bond donors (Lipinski definition) is 0. The highest BCUT2D eigenvalue weighted by Crippen LogP contribution is 2.23. The Balaban J connectivity index is 1.68. The van der Waals surface area contributed by atoms with Gasteiger partial charge in [0.1, 0.15) is 6.04 Å². The van der Waals surface area contributed by atoms with Crippen LogP contribution in [0.1, 0.15) is 45.6 Å². The second kappa shape index (κ2) is 8.75. The lowest BCUT2D eigenvalue weighted by Gasteiger charge is -2.29. The highest BCUT2D eigenvalue weighted by Gasteiger charge is 2.34. The molecule has 152 valence electrons. The Morgan fingerprint density at radius 2 is 1.48 bits per heavy atom. The van der Waals surface area contributed by atoms with Crippen LogP contribution in [0.15, 0.2) is 24.5 Å². The molecule has 0 radical (unpaired) electrons. The van der Waals surface area contributed by atoms with E-state index >= 15 is 0 Å². The van der Waals surface area contributed by atoms with Gasteiger partial charge in [0.15, 0.2) is 0 Å². The van der Waals surface area contributed by atoms with Crippen molar-refractivity contribution in [1.82, 2.24) is 18.1 Å². The second-order valence-electron chi connectivity index (χ2n) is 7.97. The van der Waals surface area contributed by atoms with E-state index in [-0.39, 0.29) is 11.9 Å². The third-order valence-electron chi connectivity index (χ3n) is 5.45. The van der Waals surface area contributed by atoms with E-state index < -0.39 is 10.2 Å². The first-order chi connectivity index (χ1) is 12.9. The molecule has 0 bridgehead atoms. The summed E-state index contributed by atoms with van der Waals surface area (Å²) in [6.07, 6.45) is 7.20. The number of nitrogens with zero attached hydrogens (tertiary/aromatic N) is 4. The minimum absolute atomic E-state index is 0.0975. The van der Waals surface area contributed by atoms with E-state index in [0.29, 0.717) is 51.6 Å². The van der Waals surface area contributed by atoms with Crippen molar-refractivity contribution in [3.05, 3.63) is 24.5 Å². The van der Waals surface area contributed by atoms with Gasteiger partial charge in [-0.2, -0.15) is 17.0 Å². The van der Waals surface area contributed by atoms with E-state index in [9.17, 15) is 13.2 Å². The molecule has 0 aromatic carbocycles. The van der Waals surface area contributed by atoms with Crippen molar-refractivity contribution in [3.63, 3.8) is 0 Å². The first-order valence-corrected chi connectivity index (χ1v) is 11.5. The van der Waals surface area contributed by atoms with Gasteiger partial charge in [0.05, 0.1) is 0 Å². The fourth-order valence-electron chi connectivity index (χ4n) is 3.99. The van der Waals surface area contributed by atoms with E-state index in [1.54, 1.807) is 8.61 Å². The Labute approximate surface area is 163 Å². The fraction of sp³-hybridized carbons (Fsp3) is 0.737. The molecule has 3 heterocycles. The zero-order valence-corrected chi connectivity index (χ0v) is 17.3. The van der Waals surface area contributed by atoms with Gasteiger partial charge in [-0.3, -0.25) is 4.79 Å². The number of hydrogen-bond acceptors (Lipinski definition) is 3. The van der Waals surface area contributed by atoms with Gasteiger partial charge >= 0.3 is 0 Å². The average Bonchev–Trinajstić information content (AvgIpc) is 3.29. The minimum atomic E-state index is -3.39. The summed E-state index contributed by atoms with van der Waals surface area (Å²) in [6, 6.07) is 3.66. The molecule has 2 fully saturated rings. The molecule has 0 N–H and O–H groups in total. The lowest BCUT2D eigenvalue weighted by atomic mass is 10.0. The van der Waals surface area contributed by atoms with Crippen LogP contribution in [0, 0.1) is 5.92 Å². The van der Waals surface area contributed by atoms with Crippen LogP contribution in [0.25, 0.3) is 0 Å². The fourth-order valence-corrected chi connectivity index (χ4v) is 5.71. The first-order valence-electron chi connectivity index (χ1n) is 10.1. The van der Waals surface area contributed by atoms with E-state index in [1.165, 1.54) is 0 Å². The number of carbonyl (C=O) groups is 1. The molecular formula is C19H32N4O3S. The summed E-state index contributed by atoms with van der Waals surface area (Å²) < 4.78 is 30.8. The van der Waals surface area contributed by atoms with Crippen molar-refractivity contribution in [1.29, 1.82) is 0 Å². The highest BCUT2D eigenvalue weighted by atomic mass is 32.2. The first kappa shape index (κ1) is 20.4. The monoisotopic (exact) mass is 396 g/mol. The van der Waals surface area contributed by atoms with Gasteiger partial charge in [-0.15, -0.1) is 0 Å². The molecule has 0 unspecified atom stereocenters. The number of rotatable bonds is 6. The van der Waals surface area contributed by atoms with Gasteiger partial charge in [0.25, 0.3) is 10.2 Å². The van der Waals surface area contributed by atoms with Gasteiger partial charge in [0, 0.05) is 51.7 Å². The maximum Gasteiger partial charge on any atom is 0.282 e. The van der Waals surface area contributed by atoms with Gasteiger partial charge in [-0.1, -0.05) is 13.8 Å². The normalized spacial score (nSPS) is 21.5. The summed E-state index contributed by atoms with van der Waals surface area (Å²) in [5.74, 6) is 0.501. The molecule has 8 heteroatoms. The minimum Gasteiger partial charge on any atom is -0.342 e. The number of aromatic nitrogens is 1. The van der Waals surface area contributed by atoms with Crippen LogP contribution in [0.2, 0.25) is 0 Å². The predicted octanol–water partition coefficient (Wildman–Crippen LogP) is 1.95. The molecule has 1 atom stereocenters. The molecule has 1 aromatic rings. The third kappa shape index (κ3) is 4.73. The van der Waals surface area contributed by atoms with Crippen LogP contribution >= 0.6 is 0 Å². The van der Waals surface area contributed by atoms with E-state index in [0.717, 1.165) is 19.3 Å². The molecule has 1 amide bonds. The summed E-state index contributed by atoms with van der Waals surface area (Å²) in [7, 11) is -3.39. The molecule has 2 aliphatic heterocycles. The average molecular weight is 397 g/mol. The molecule has 27 heavy (non-hydrogen) atoms. The Morgan fingerprint density at radius 3 is 2.11 bits per heavy atom. The summed E-state index contributed by atoms with van der Waals surface area (Å²) >= 11 is 0. The van der Waals surface area contributed by atoms with Crippen molar-refractivity contribution < 1.29 is 13.2 Å². The Kier molecular flexibility index (Phi) is 6.60.